The summed E-state index contributed by atoms with van der Waals surface area (Å²) < 4.78 is 4.91. The first kappa shape index (κ1) is 13.3. The summed E-state index contributed by atoms with van der Waals surface area (Å²) in [7, 11) is 1.50. The Hall–Kier alpha value is -2.11. The second-order valence-corrected chi connectivity index (χ2v) is 4.75. The number of hydrogen-bond acceptors (Lipinski definition) is 4. The molecule has 1 aliphatic carbocycles. The van der Waals surface area contributed by atoms with Crippen molar-refractivity contribution in [3.8, 4) is 5.88 Å². The average Bonchev–Trinajstić information content (AvgIpc) is 2.35. The molecule has 1 aromatic heterocycles. The van der Waals surface area contributed by atoms with Gasteiger partial charge in [0.05, 0.1) is 24.6 Å². The predicted octanol–water partition coefficient (Wildman–Crippen LogP) is 1.22. The van der Waals surface area contributed by atoms with Crippen LogP contribution in [0.3, 0.4) is 0 Å². The second-order valence-electron chi connectivity index (χ2n) is 4.75. The maximum absolute atomic E-state index is 12.0. The van der Waals surface area contributed by atoms with Gasteiger partial charge < -0.3 is 15.2 Å². The Balaban J connectivity index is 2.04. The highest BCUT2D eigenvalue weighted by Crippen LogP contribution is 2.35. The van der Waals surface area contributed by atoms with E-state index in [0.717, 1.165) is 6.42 Å². The van der Waals surface area contributed by atoms with Crippen LogP contribution >= 0.6 is 0 Å². The molecule has 1 aliphatic rings. The lowest BCUT2D eigenvalue weighted by atomic mass is 9.74. The molecule has 0 radical (unpaired) electrons. The third-order valence-electron chi connectivity index (χ3n) is 3.39. The van der Waals surface area contributed by atoms with Gasteiger partial charge in [-0.15, -0.1) is 0 Å². The van der Waals surface area contributed by atoms with Crippen LogP contribution in [0.2, 0.25) is 0 Å². The van der Waals surface area contributed by atoms with Crippen LogP contribution < -0.4 is 10.1 Å². The quantitative estimate of drug-likeness (QED) is 0.834. The van der Waals surface area contributed by atoms with Crippen LogP contribution in [0.5, 0.6) is 5.88 Å². The number of pyridine rings is 1. The van der Waals surface area contributed by atoms with Crippen LogP contribution in [-0.2, 0) is 4.79 Å². The van der Waals surface area contributed by atoms with Crippen molar-refractivity contribution in [1.29, 1.82) is 0 Å². The molecule has 6 heteroatoms. The minimum atomic E-state index is -0.896. The van der Waals surface area contributed by atoms with Crippen LogP contribution in [0.4, 0.5) is 0 Å². The van der Waals surface area contributed by atoms with Crippen molar-refractivity contribution in [2.75, 3.05) is 7.11 Å². The SMILES string of the molecule is COc1ccc(C(=O)NC2(CC(=O)O)CCC2)cn1. The number of aliphatic carboxylic acids is 1. The molecule has 1 heterocycles. The minimum Gasteiger partial charge on any atom is -0.481 e. The van der Waals surface area contributed by atoms with E-state index in [9.17, 15) is 9.59 Å². The molecule has 6 nitrogen and oxygen atoms in total. The van der Waals surface area contributed by atoms with E-state index in [1.807, 2.05) is 0 Å². The maximum atomic E-state index is 12.0. The third kappa shape index (κ3) is 3.01. The number of rotatable bonds is 5. The molecule has 1 amide bonds. The number of methoxy groups -OCH3 is 1. The Bertz CT molecular complexity index is 480. The average molecular weight is 264 g/mol. The summed E-state index contributed by atoms with van der Waals surface area (Å²) in [5, 5.41) is 11.7. The third-order valence-corrected chi connectivity index (χ3v) is 3.39. The zero-order chi connectivity index (χ0) is 13.9. The molecule has 0 aromatic carbocycles. The van der Waals surface area contributed by atoms with Crippen molar-refractivity contribution >= 4 is 11.9 Å². The van der Waals surface area contributed by atoms with Crippen molar-refractivity contribution in [2.24, 2.45) is 0 Å². The van der Waals surface area contributed by atoms with Gasteiger partial charge in [-0.1, -0.05) is 0 Å². The second kappa shape index (κ2) is 5.26. The molecule has 1 aromatic rings. The number of nitrogens with zero attached hydrogens (tertiary/aromatic N) is 1. The van der Waals surface area contributed by atoms with E-state index in [-0.39, 0.29) is 12.3 Å². The lowest BCUT2D eigenvalue weighted by Crippen LogP contribution is -2.54. The number of carbonyl (C=O) groups excluding carboxylic acids is 1. The first-order valence-corrected chi connectivity index (χ1v) is 6.09. The standard InChI is InChI=1S/C13H16N2O4/c1-19-10-4-3-9(8-14-10)12(18)15-13(5-2-6-13)7-11(16)17/h3-4,8H,2,5-7H2,1H3,(H,15,18)(H,16,17). The van der Waals surface area contributed by atoms with E-state index in [1.54, 1.807) is 12.1 Å². The molecule has 19 heavy (non-hydrogen) atoms. The van der Waals surface area contributed by atoms with Crippen molar-refractivity contribution in [2.45, 2.75) is 31.2 Å². The molecule has 0 atom stereocenters. The van der Waals surface area contributed by atoms with E-state index in [0.29, 0.717) is 24.3 Å². The van der Waals surface area contributed by atoms with E-state index in [4.69, 9.17) is 9.84 Å². The summed E-state index contributed by atoms with van der Waals surface area (Å²) in [5.74, 6) is -0.760. The molecule has 2 N–H and O–H groups in total. The maximum Gasteiger partial charge on any atom is 0.305 e. The fourth-order valence-corrected chi connectivity index (χ4v) is 2.19. The van der Waals surface area contributed by atoms with Gasteiger partial charge in [0.15, 0.2) is 0 Å². The van der Waals surface area contributed by atoms with Crippen LogP contribution in [0, 0.1) is 0 Å². The van der Waals surface area contributed by atoms with Gasteiger partial charge in [0.2, 0.25) is 5.88 Å². The fourth-order valence-electron chi connectivity index (χ4n) is 2.19. The molecule has 0 bridgehead atoms. The van der Waals surface area contributed by atoms with Crippen LogP contribution in [0.25, 0.3) is 0 Å². The lowest BCUT2D eigenvalue weighted by Gasteiger charge is -2.41. The smallest absolute Gasteiger partial charge is 0.305 e. The molecule has 0 aliphatic heterocycles. The highest BCUT2D eigenvalue weighted by molar-refractivity contribution is 5.94. The van der Waals surface area contributed by atoms with Crippen molar-refractivity contribution in [3.63, 3.8) is 0 Å². The Morgan fingerprint density at radius 1 is 1.47 bits per heavy atom. The molecular weight excluding hydrogens is 248 g/mol. The van der Waals surface area contributed by atoms with Gasteiger partial charge in [0, 0.05) is 12.3 Å². The minimum absolute atomic E-state index is 0.0394. The van der Waals surface area contributed by atoms with E-state index in [2.05, 4.69) is 10.3 Å². The topological polar surface area (TPSA) is 88.5 Å². The van der Waals surface area contributed by atoms with Gasteiger partial charge in [-0.05, 0) is 25.3 Å². The van der Waals surface area contributed by atoms with E-state index in [1.165, 1.54) is 13.3 Å². The highest BCUT2D eigenvalue weighted by atomic mass is 16.5. The first-order valence-electron chi connectivity index (χ1n) is 6.09. The van der Waals surface area contributed by atoms with Crippen LogP contribution in [-0.4, -0.2) is 34.6 Å². The summed E-state index contributed by atoms with van der Waals surface area (Å²) in [4.78, 5) is 26.8. The Kier molecular flexibility index (Phi) is 3.69. The largest absolute Gasteiger partial charge is 0.481 e. The molecule has 0 saturated heterocycles. The summed E-state index contributed by atoms with van der Waals surface area (Å²) in [6.45, 7) is 0. The molecular formula is C13H16N2O4. The number of carboxylic acids is 1. The number of carboxylic acid groups (broad SMARTS) is 1. The van der Waals surface area contributed by atoms with Gasteiger partial charge in [-0.2, -0.15) is 0 Å². The summed E-state index contributed by atoms with van der Waals surface area (Å²) in [5.41, 5.74) is -0.194. The predicted molar refractivity (Wildman–Crippen MR) is 67.1 cm³/mol. The zero-order valence-corrected chi connectivity index (χ0v) is 10.7. The highest BCUT2D eigenvalue weighted by Gasteiger charge is 2.40. The normalized spacial score (nSPS) is 16.3. The number of nitrogens with one attached hydrogen (secondary N) is 1. The number of aromatic nitrogens is 1. The van der Waals surface area contributed by atoms with Gasteiger partial charge in [-0.3, -0.25) is 9.59 Å². The fraction of sp³-hybridized carbons (Fsp3) is 0.462. The molecule has 1 fully saturated rings. The van der Waals surface area contributed by atoms with E-state index >= 15 is 0 Å². The van der Waals surface area contributed by atoms with Crippen molar-refractivity contribution < 1.29 is 19.4 Å². The molecule has 1 saturated carbocycles. The summed E-state index contributed by atoms with van der Waals surface area (Å²) >= 11 is 0. The van der Waals surface area contributed by atoms with Crippen molar-refractivity contribution in [1.82, 2.24) is 10.3 Å². The number of carbonyl (C=O) groups is 2. The van der Waals surface area contributed by atoms with Gasteiger partial charge >= 0.3 is 5.97 Å². The van der Waals surface area contributed by atoms with Gasteiger partial charge in [0.1, 0.15) is 0 Å². The Morgan fingerprint density at radius 3 is 2.63 bits per heavy atom. The lowest BCUT2D eigenvalue weighted by molar-refractivity contribution is -0.139. The summed E-state index contributed by atoms with van der Waals surface area (Å²) in [6.07, 6.45) is 3.72. The van der Waals surface area contributed by atoms with Gasteiger partial charge in [-0.25, -0.2) is 4.98 Å². The van der Waals surface area contributed by atoms with Gasteiger partial charge in [0.25, 0.3) is 5.91 Å². The number of amides is 1. The monoisotopic (exact) mass is 264 g/mol. The molecule has 0 spiro atoms. The summed E-state index contributed by atoms with van der Waals surface area (Å²) in [6, 6.07) is 3.20. The van der Waals surface area contributed by atoms with Crippen LogP contribution in [0.15, 0.2) is 18.3 Å². The molecule has 2 rings (SSSR count). The zero-order valence-electron chi connectivity index (χ0n) is 10.7. The molecule has 0 unspecified atom stereocenters. The number of ether oxygens (including phenoxy) is 1. The first-order chi connectivity index (χ1) is 9.04. The Labute approximate surface area is 110 Å². The van der Waals surface area contributed by atoms with Crippen molar-refractivity contribution in [3.05, 3.63) is 23.9 Å². The van der Waals surface area contributed by atoms with Crippen LogP contribution in [0.1, 0.15) is 36.0 Å². The Morgan fingerprint density at radius 2 is 2.21 bits per heavy atom. The molecule has 102 valence electrons. The number of hydrogen-bond donors (Lipinski definition) is 2. The van der Waals surface area contributed by atoms with E-state index < -0.39 is 11.5 Å².